The lowest BCUT2D eigenvalue weighted by Crippen LogP contribution is -2.55. The van der Waals surface area contributed by atoms with Crippen LogP contribution in [0.15, 0.2) is 30.5 Å². The third-order valence-electron chi connectivity index (χ3n) is 8.80. The van der Waals surface area contributed by atoms with E-state index in [-0.39, 0.29) is 6.54 Å². The number of hydrogen-bond donors (Lipinski definition) is 2. The van der Waals surface area contributed by atoms with E-state index in [1.54, 1.807) is 40.0 Å². The van der Waals surface area contributed by atoms with E-state index in [1.807, 2.05) is 52.8 Å². The fourth-order valence-electron chi connectivity index (χ4n) is 5.35. The molecule has 2 amide bonds. The molecule has 0 saturated carbocycles. The fourth-order valence-corrected chi connectivity index (χ4v) is 5.35. The van der Waals surface area contributed by atoms with Crippen molar-refractivity contribution in [2.24, 2.45) is 0 Å². The summed E-state index contributed by atoms with van der Waals surface area (Å²) in [6, 6.07) is 7.44. The van der Waals surface area contributed by atoms with Crippen LogP contribution in [0.1, 0.15) is 78.2 Å². The number of amides is 2. The predicted octanol–water partition coefficient (Wildman–Crippen LogP) is 3.99. The zero-order chi connectivity index (χ0) is 31.5. The maximum Gasteiger partial charge on any atom is 0.495 e. The van der Waals surface area contributed by atoms with E-state index in [1.165, 1.54) is 0 Å². The quantitative estimate of drug-likeness (QED) is 0.492. The van der Waals surface area contributed by atoms with Gasteiger partial charge in [0.25, 0.3) is 5.91 Å². The van der Waals surface area contributed by atoms with Crippen LogP contribution in [0.3, 0.4) is 0 Å². The molecule has 2 N–H and O–H groups in total. The Morgan fingerprint density at radius 3 is 2.37 bits per heavy atom. The Hall–Kier alpha value is -3.19. The van der Waals surface area contributed by atoms with Gasteiger partial charge in [-0.15, -0.1) is 0 Å². The number of ether oxygens (including phenoxy) is 2. The molecule has 0 bridgehead atoms. The SMILES string of the molecule is CC(O)C1(C)CN(c2ccc(Nc3ccc(B4OC(C)(C)C(C)(C)O4)c4c3C(=O)N(C(=O)OC(C)(C)C)C4)nc2)CCO1. The smallest absolute Gasteiger partial charge is 0.443 e. The number of nitrogens with zero attached hydrogens (tertiary/aromatic N) is 3. The molecule has 2 saturated heterocycles. The molecule has 1 aromatic carbocycles. The van der Waals surface area contributed by atoms with Gasteiger partial charge in [0, 0.05) is 13.1 Å². The van der Waals surface area contributed by atoms with Gasteiger partial charge in [-0.05, 0) is 91.5 Å². The van der Waals surface area contributed by atoms with Gasteiger partial charge < -0.3 is 34.1 Å². The van der Waals surface area contributed by atoms with Crippen molar-refractivity contribution in [3.05, 3.63) is 41.6 Å². The number of anilines is 3. The molecule has 2 aromatic rings. The second kappa shape index (κ2) is 10.8. The highest BCUT2D eigenvalue weighted by molar-refractivity contribution is 6.63. The van der Waals surface area contributed by atoms with Crippen LogP contribution in [0.2, 0.25) is 0 Å². The van der Waals surface area contributed by atoms with Crippen LogP contribution < -0.4 is 15.7 Å². The van der Waals surface area contributed by atoms with Gasteiger partial charge in [0.2, 0.25) is 0 Å². The zero-order valence-electron chi connectivity index (χ0n) is 26.6. The molecule has 0 aliphatic carbocycles. The first-order valence-electron chi connectivity index (χ1n) is 14.8. The lowest BCUT2D eigenvalue weighted by atomic mass is 9.74. The van der Waals surface area contributed by atoms with E-state index in [4.69, 9.17) is 18.8 Å². The van der Waals surface area contributed by atoms with Crippen molar-refractivity contribution in [3.8, 4) is 0 Å². The Labute approximate surface area is 254 Å². The van der Waals surface area contributed by atoms with E-state index in [2.05, 4.69) is 15.2 Å². The third-order valence-corrected chi connectivity index (χ3v) is 8.80. The number of nitrogens with one attached hydrogen (secondary N) is 1. The third kappa shape index (κ3) is 5.98. The van der Waals surface area contributed by atoms with E-state index >= 15 is 0 Å². The molecule has 2 atom stereocenters. The molecular weight excluding hydrogens is 551 g/mol. The largest absolute Gasteiger partial charge is 0.495 e. The highest BCUT2D eigenvalue weighted by Gasteiger charge is 2.53. The van der Waals surface area contributed by atoms with Gasteiger partial charge in [-0.25, -0.2) is 14.7 Å². The predicted molar refractivity (Wildman–Crippen MR) is 164 cm³/mol. The van der Waals surface area contributed by atoms with E-state index < -0.39 is 47.6 Å². The first kappa shape index (κ1) is 31.2. The molecule has 3 aliphatic rings. The number of aliphatic hydroxyl groups is 1. The Morgan fingerprint density at radius 2 is 1.79 bits per heavy atom. The fraction of sp³-hybridized carbons (Fsp3) is 0.581. The van der Waals surface area contributed by atoms with Crippen LogP contribution >= 0.6 is 0 Å². The van der Waals surface area contributed by atoms with Gasteiger partial charge in [0.05, 0.1) is 53.6 Å². The lowest BCUT2D eigenvalue weighted by Gasteiger charge is -2.43. The average molecular weight is 595 g/mol. The number of aliphatic hydroxyl groups excluding tert-OH is 1. The maximum absolute atomic E-state index is 13.8. The second-order valence-electron chi connectivity index (χ2n) is 13.8. The number of hydrogen-bond acceptors (Lipinski definition) is 10. The summed E-state index contributed by atoms with van der Waals surface area (Å²) >= 11 is 0. The molecule has 43 heavy (non-hydrogen) atoms. The van der Waals surface area contributed by atoms with Crippen molar-refractivity contribution < 1.29 is 33.5 Å². The number of pyridine rings is 1. The first-order chi connectivity index (χ1) is 19.9. The number of carbonyl (C=O) groups excluding carboxylic acids is 2. The summed E-state index contributed by atoms with van der Waals surface area (Å²) < 4.78 is 24.0. The normalized spacial score (nSPS) is 23.8. The Kier molecular flexibility index (Phi) is 7.82. The Morgan fingerprint density at radius 1 is 1.12 bits per heavy atom. The van der Waals surface area contributed by atoms with Crippen molar-refractivity contribution in [2.75, 3.05) is 29.9 Å². The molecule has 11 nitrogen and oxygen atoms in total. The standard InChI is InChI=1S/C31H43BN4O7/c1-19(37)31(9)18-35(14-15-40-31)20-10-13-24(33-16-20)34-23-12-11-22(32-42-29(5,6)30(7,8)43-32)21-17-36(26(38)25(21)23)27(39)41-28(2,3)4/h10-13,16,19,37H,14-15,17-18H2,1-9H3,(H,33,34). The number of rotatable bonds is 5. The number of benzene rings is 1. The molecule has 2 unspecified atom stereocenters. The molecule has 0 radical (unpaired) electrons. The van der Waals surface area contributed by atoms with Gasteiger partial charge in [-0.1, -0.05) is 6.07 Å². The molecule has 5 rings (SSSR count). The van der Waals surface area contributed by atoms with Gasteiger partial charge in [0.1, 0.15) is 17.0 Å². The monoisotopic (exact) mass is 594 g/mol. The molecular formula is C31H43BN4O7. The molecule has 4 heterocycles. The van der Waals surface area contributed by atoms with Crippen LogP contribution in [0.5, 0.6) is 0 Å². The molecule has 12 heteroatoms. The van der Waals surface area contributed by atoms with E-state index in [0.29, 0.717) is 47.8 Å². The molecule has 2 fully saturated rings. The minimum atomic E-state index is -0.763. The van der Waals surface area contributed by atoms with Gasteiger partial charge in [-0.2, -0.15) is 0 Å². The average Bonchev–Trinajstić information content (AvgIpc) is 3.36. The number of morpholine rings is 1. The number of carbonyl (C=O) groups is 2. The summed E-state index contributed by atoms with van der Waals surface area (Å²) in [5.41, 5.74) is 0.507. The summed E-state index contributed by atoms with van der Waals surface area (Å²) in [5.74, 6) is 0.0665. The minimum Gasteiger partial charge on any atom is -0.443 e. The summed E-state index contributed by atoms with van der Waals surface area (Å²) in [6.07, 6.45) is 0.421. The minimum absolute atomic E-state index is 0.0312. The summed E-state index contributed by atoms with van der Waals surface area (Å²) in [4.78, 5) is 34.7. The van der Waals surface area contributed by atoms with Gasteiger partial charge in [0.15, 0.2) is 0 Å². The van der Waals surface area contributed by atoms with Gasteiger partial charge in [-0.3, -0.25) is 4.79 Å². The summed E-state index contributed by atoms with van der Waals surface area (Å²) in [7, 11) is -0.711. The summed E-state index contributed by atoms with van der Waals surface area (Å²) in [5, 5.41) is 13.5. The van der Waals surface area contributed by atoms with Crippen LogP contribution in [0.4, 0.5) is 22.0 Å². The number of imide groups is 1. The summed E-state index contributed by atoms with van der Waals surface area (Å²) in [6.45, 7) is 18.5. The molecule has 232 valence electrons. The van der Waals surface area contributed by atoms with Crippen molar-refractivity contribution in [2.45, 2.75) is 97.4 Å². The van der Waals surface area contributed by atoms with Crippen molar-refractivity contribution >= 4 is 41.8 Å². The number of fused-ring (bicyclic) bond motifs is 1. The second-order valence-corrected chi connectivity index (χ2v) is 13.8. The zero-order valence-corrected chi connectivity index (χ0v) is 26.6. The number of aromatic nitrogens is 1. The topological polar surface area (TPSA) is 123 Å². The highest BCUT2D eigenvalue weighted by Crippen LogP contribution is 2.39. The molecule has 3 aliphatic heterocycles. The van der Waals surface area contributed by atoms with Crippen LogP contribution in [-0.4, -0.2) is 82.3 Å². The lowest BCUT2D eigenvalue weighted by molar-refractivity contribution is -0.111. The van der Waals surface area contributed by atoms with Crippen LogP contribution in [0, 0.1) is 0 Å². The van der Waals surface area contributed by atoms with Crippen molar-refractivity contribution in [1.29, 1.82) is 0 Å². The maximum atomic E-state index is 13.8. The Bertz CT molecular complexity index is 1390. The first-order valence-corrected chi connectivity index (χ1v) is 14.8. The molecule has 0 spiro atoms. The molecule has 1 aromatic heterocycles. The van der Waals surface area contributed by atoms with E-state index in [9.17, 15) is 14.7 Å². The highest BCUT2D eigenvalue weighted by atomic mass is 16.7. The van der Waals surface area contributed by atoms with Crippen molar-refractivity contribution in [1.82, 2.24) is 9.88 Å². The van der Waals surface area contributed by atoms with Crippen LogP contribution in [0.25, 0.3) is 0 Å². The van der Waals surface area contributed by atoms with Crippen molar-refractivity contribution in [3.63, 3.8) is 0 Å². The van der Waals surface area contributed by atoms with Gasteiger partial charge >= 0.3 is 13.2 Å². The van der Waals surface area contributed by atoms with E-state index in [0.717, 1.165) is 10.6 Å². The Balaban J connectivity index is 1.44. The van der Waals surface area contributed by atoms with Crippen LogP contribution in [-0.2, 0) is 25.3 Å².